The van der Waals surface area contributed by atoms with E-state index < -0.39 is 6.04 Å². The number of carbonyl (C=O) groups is 2. The van der Waals surface area contributed by atoms with Crippen molar-refractivity contribution in [1.82, 2.24) is 10.2 Å². The lowest BCUT2D eigenvalue weighted by Gasteiger charge is -2.28. The summed E-state index contributed by atoms with van der Waals surface area (Å²) in [6.07, 6.45) is 0. The van der Waals surface area contributed by atoms with Crippen LogP contribution in [0.4, 0.5) is 0 Å². The molecule has 2 aromatic carbocycles. The van der Waals surface area contributed by atoms with Crippen LogP contribution < -0.4 is 10.1 Å². The van der Waals surface area contributed by atoms with Crippen LogP contribution in [0.3, 0.4) is 0 Å². The van der Waals surface area contributed by atoms with E-state index >= 15 is 0 Å². The molecule has 5 nitrogen and oxygen atoms in total. The minimum atomic E-state index is -0.584. The van der Waals surface area contributed by atoms with Crippen LogP contribution in [0, 0.1) is 13.8 Å². The summed E-state index contributed by atoms with van der Waals surface area (Å²) in [5.41, 5.74) is 3.22. The van der Waals surface area contributed by atoms with Crippen LogP contribution in [0.15, 0.2) is 48.5 Å². The summed E-state index contributed by atoms with van der Waals surface area (Å²) in [6.45, 7) is 8.36. The predicted molar refractivity (Wildman–Crippen MR) is 107 cm³/mol. The molecule has 0 spiro atoms. The fourth-order valence-corrected chi connectivity index (χ4v) is 2.77. The van der Waals surface area contributed by atoms with Crippen LogP contribution in [-0.2, 0) is 16.1 Å². The van der Waals surface area contributed by atoms with Crippen LogP contribution in [0.1, 0.15) is 30.5 Å². The zero-order chi connectivity index (χ0) is 19.8. The fourth-order valence-electron chi connectivity index (χ4n) is 2.77. The van der Waals surface area contributed by atoms with Crippen LogP contribution in [0.2, 0.25) is 0 Å². The summed E-state index contributed by atoms with van der Waals surface area (Å²) in [4.78, 5) is 26.7. The summed E-state index contributed by atoms with van der Waals surface area (Å²) >= 11 is 0. The Morgan fingerprint density at radius 3 is 2.41 bits per heavy atom. The predicted octanol–water partition coefficient (Wildman–Crippen LogP) is 3.24. The second kappa shape index (κ2) is 9.76. The number of rotatable bonds is 8. The van der Waals surface area contributed by atoms with E-state index in [1.807, 2.05) is 69.3 Å². The molecule has 2 aromatic rings. The zero-order valence-corrected chi connectivity index (χ0v) is 16.5. The lowest BCUT2D eigenvalue weighted by Crippen LogP contribution is -2.49. The van der Waals surface area contributed by atoms with Crippen molar-refractivity contribution in [3.05, 3.63) is 65.2 Å². The average Bonchev–Trinajstić information content (AvgIpc) is 2.65. The quantitative estimate of drug-likeness (QED) is 0.778. The third-order valence-electron chi connectivity index (χ3n) is 4.34. The normalized spacial score (nSPS) is 11.6. The first-order chi connectivity index (χ1) is 12.9. The molecule has 0 radical (unpaired) electrons. The van der Waals surface area contributed by atoms with Gasteiger partial charge in [-0.1, -0.05) is 47.5 Å². The lowest BCUT2D eigenvalue weighted by atomic mass is 10.1. The van der Waals surface area contributed by atoms with Crippen molar-refractivity contribution in [2.75, 3.05) is 13.2 Å². The molecule has 5 heteroatoms. The number of hydrogen-bond donors (Lipinski definition) is 1. The van der Waals surface area contributed by atoms with Gasteiger partial charge < -0.3 is 15.0 Å². The second-order valence-electron chi connectivity index (χ2n) is 6.68. The smallest absolute Gasteiger partial charge is 0.261 e. The molecule has 0 aromatic heterocycles. The van der Waals surface area contributed by atoms with Gasteiger partial charge in [0, 0.05) is 13.1 Å². The molecule has 0 bridgehead atoms. The lowest BCUT2D eigenvalue weighted by molar-refractivity contribution is -0.142. The highest BCUT2D eigenvalue weighted by atomic mass is 16.5. The molecule has 27 heavy (non-hydrogen) atoms. The topological polar surface area (TPSA) is 58.6 Å². The zero-order valence-electron chi connectivity index (χ0n) is 16.5. The van der Waals surface area contributed by atoms with Crippen LogP contribution in [-0.4, -0.2) is 35.9 Å². The first kappa shape index (κ1) is 20.5. The minimum absolute atomic E-state index is 0.112. The number of benzene rings is 2. The molecule has 0 aliphatic heterocycles. The Bertz CT molecular complexity index is 771. The Kier molecular flexibility index (Phi) is 7.41. The third-order valence-corrected chi connectivity index (χ3v) is 4.34. The maximum Gasteiger partial charge on any atom is 0.261 e. The molecule has 0 unspecified atom stereocenters. The SMILES string of the molecule is CCNC(=O)[C@@H](C)N(Cc1cccc(C)c1)C(=O)COc1ccc(C)cc1. The number of likely N-dealkylation sites (N-methyl/N-ethyl adjacent to an activating group) is 1. The van der Waals surface area contributed by atoms with Crippen molar-refractivity contribution < 1.29 is 14.3 Å². The molecule has 1 atom stereocenters. The van der Waals surface area contributed by atoms with E-state index in [1.165, 1.54) is 0 Å². The Balaban J connectivity index is 2.12. The Labute approximate surface area is 161 Å². The van der Waals surface area contributed by atoms with E-state index in [2.05, 4.69) is 5.32 Å². The highest BCUT2D eigenvalue weighted by molar-refractivity contribution is 5.87. The third kappa shape index (κ3) is 6.13. The summed E-state index contributed by atoms with van der Waals surface area (Å²) < 4.78 is 5.63. The summed E-state index contributed by atoms with van der Waals surface area (Å²) in [5, 5.41) is 2.78. The maximum absolute atomic E-state index is 12.8. The molecular formula is C22H28N2O3. The number of nitrogens with one attached hydrogen (secondary N) is 1. The van der Waals surface area contributed by atoms with Crippen LogP contribution >= 0.6 is 0 Å². The molecule has 144 valence electrons. The number of aryl methyl sites for hydroxylation is 2. The van der Waals surface area contributed by atoms with Crippen molar-refractivity contribution in [2.24, 2.45) is 0 Å². The van der Waals surface area contributed by atoms with Gasteiger partial charge in [0.1, 0.15) is 11.8 Å². The largest absolute Gasteiger partial charge is 0.484 e. The molecule has 0 heterocycles. The van der Waals surface area contributed by atoms with Gasteiger partial charge in [0.25, 0.3) is 5.91 Å². The Morgan fingerprint density at radius 1 is 1.07 bits per heavy atom. The van der Waals surface area contributed by atoms with Crippen molar-refractivity contribution in [3.8, 4) is 5.75 Å². The molecule has 0 fully saturated rings. The van der Waals surface area contributed by atoms with Gasteiger partial charge in [-0.25, -0.2) is 0 Å². The molecule has 2 rings (SSSR count). The van der Waals surface area contributed by atoms with Gasteiger partial charge in [-0.3, -0.25) is 9.59 Å². The first-order valence-electron chi connectivity index (χ1n) is 9.23. The average molecular weight is 368 g/mol. The van der Waals surface area contributed by atoms with E-state index in [1.54, 1.807) is 11.8 Å². The summed E-state index contributed by atoms with van der Waals surface area (Å²) in [7, 11) is 0. The van der Waals surface area contributed by atoms with E-state index in [0.29, 0.717) is 18.8 Å². The highest BCUT2D eigenvalue weighted by Gasteiger charge is 2.26. The maximum atomic E-state index is 12.8. The first-order valence-corrected chi connectivity index (χ1v) is 9.23. The number of carbonyl (C=O) groups excluding carboxylic acids is 2. The van der Waals surface area contributed by atoms with Crippen molar-refractivity contribution in [2.45, 2.75) is 40.3 Å². The van der Waals surface area contributed by atoms with Crippen molar-refractivity contribution in [1.29, 1.82) is 0 Å². The monoisotopic (exact) mass is 368 g/mol. The number of hydrogen-bond acceptors (Lipinski definition) is 3. The number of nitrogens with zero attached hydrogens (tertiary/aromatic N) is 1. The van der Waals surface area contributed by atoms with Crippen LogP contribution in [0.5, 0.6) is 5.75 Å². The molecule has 1 N–H and O–H groups in total. The van der Waals surface area contributed by atoms with Crippen LogP contribution in [0.25, 0.3) is 0 Å². The van der Waals surface area contributed by atoms with Crippen molar-refractivity contribution in [3.63, 3.8) is 0 Å². The van der Waals surface area contributed by atoms with Crippen molar-refractivity contribution >= 4 is 11.8 Å². The fraction of sp³-hybridized carbons (Fsp3) is 0.364. The molecule has 0 aliphatic carbocycles. The van der Waals surface area contributed by atoms with Gasteiger partial charge in [0.2, 0.25) is 5.91 Å². The molecule has 0 aliphatic rings. The standard InChI is InChI=1S/C22H28N2O3/c1-5-23-22(26)18(4)24(14-19-8-6-7-17(3)13-19)21(25)15-27-20-11-9-16(2)10-12-20/h6-13,18H,5,14-15H2,1-4H3,(H,23,26)/t18-/m1/s1. The number of ether oxygens (including phenoxy) is 1. The second-order valence-corrected chi connectivity index (χ2v) is 6.68. The van der Waals surface area contributed by atoms with Gasteiger partial charge >= 0.3 is 0 Å². The summed E-state index contributed by atoms with van der Waals surface area (Å²) in [5.74, 6) is 0.236. The molecule has 0 saturated heterocycles. The van der Waals surface area contributed by atoms with Gasteiger partial charge in [-0.05, 0) is 45.4 Å². The van der Waals surface area contributed by atoms with Gasteiger partial charge in [0.05, 0.1) is 0 Å². The van der Waals surface area contributed by atoms with Gasteiger partial charge in [0.15, 0.2) is 6.61 Å². The van der Waals surface area contributed by atoms with E-state index in [-0.39, 0.29) is 18.4 Å². The Hall–Kier alpha value is -2.82. The summed E-state index contributed by atoms with van der Waals surface area (Å²) in [6, 6.07) is 14.9. The highest BCUT2D eigenvalue weighted by Crippen LogP contribution is 2.14. The van der Waals surface area contributed by atoms with E-state index in [9.17, 15) is 9.59 Å². The number of amides is 2. The van der Waals surface area contributed by atoms with Gasteiger partial charge in [-0.2, -0.15) is 0 Å². The minimum Gasteiger partial charge on any atom is -0.484 e. The Morgan fingerprint density at radius 2 is 1.78 bits per heavy atom. The van der Waals surface area contributed by atoms with E-state index in [4.69, 9.17) is 4.74 Å². The molecule has 0 saturated carbocycles. The molecule has 2 amide bonds. The molecular weight excluding hydrogens is 340 g/mol. The van der Waals surface area contributed by atoms with Gasteiger partial charge in [-0.15, -0.1) is 0 Å². The van der Waals surface area contributed by atoms with E-state index in [0.717, 1.165) is 16.7 Å².